The quantitative estimate of drug-likeness (QED) is 0.577. The summed E-state index contributed by atoms with van der Waals surface area (Å²) in [5, 5.41) is 10.3. The number of nitrogens with zero attached hydrogens (tertiary/aromatic N) is 3. The van der Waals surface area contributed by atoms with Crippen LogP contribution in [0.5, 0.6) is 0 Å². The van der Waals surface area contributed by atoms with E-state index in [1.54, 1.807) is 13.8 Å². The molecule has 4 heterocycles. The molecular weight excluding hydrogens is 408 g/mol. The minimum atomic E-state index is -0.376. The van der Waals surface area contributed by atoms with E-state index in [1.165, 1.54) is 11.3 Å². The lowest BCUT2D eigenvalue weighted by Gasteiger charge is -2.26. The normalized spacial score (nSPS) is 21.9. The van der Waals surface area contributed by atoms with Gasteiger partial charge in [-0.2, -0.15) is 0 Å². The van der Waals surface area contributed by atoms with Gasteiger partial charge in [0.1, 0.15) is 17.1 Å². The van der Waals surface area contributed by atoms with Crippen LogP contribution in [0.3, 0.4) is 0 Å². The third kappa shape index (κ3) is 4.93. The number of hydrogen-bond donors (Lipinski definition) is 3. The summed E-state index contributed by atoms with van der Waals surface area (Å²) < 4.78 is 16.9. The van der Waals surface area contributed by atoms with E-state index >= 15 is 0 Å². The first-order valence-electron chi connectivity index (χ1n) is 10.1. The summed E-state index contributed by atoms with van der Waals surface area (Å²) in [6, 6.07) is 1.94. The number of anilines is 2. The highest BCUT2D eigenvalue weighted by Crippen LogP contribution is 2.28. The van der Waals surface area contributed by atoms with Crippen molar-refractivity contribution in [3.05, 3.63) is 28.0 Å². The zero-order chi connectivity index (χ0) is 20.9. The molecule has 2 atom stereocenters. The van der Waals surface area contributed by atoms with Gasteiger partial charge in [-0.15, -0.1) is 0 Å². The lowest BCUT2D eigenvalue weighted by molar-refractivity contribution is 0.0201. The second-order valence-electron chi connectivity index (χ2n) is 6.95. The summed E-state index contributed by atoms with van der Waals surface area (Å²) in [5.41, 5.74) is 2.17. The molecule has 2 aromatic rings. The van der Waals surface area contributed by atoms with Crippen LogP contribution in [0.1, 0.15) is 45.9 Å². The molecule has 10 nitrogen and oxygen atoms in total. The van der Waals surface area contributed by atoms with E-state index in [9.17, 15) is 4.79 Å². The van der Waals surface area contributed by atoms with Gasteiger partial charge in [-0.1, -0.05) is 11.3 Å². The molecule has 2 aromatic heterocycles. The molecule has 2 fully saturated rings. The Balaban J connectivity index is 1.61. The number of morpholine rings is 2. The van der Waals surface area contributed by atoms with Crippen LogP contribution >= 0.6 is 11.3 Å². The fourth-order valence-electron chi connectivity index (χ4n) is 3.31. The number of aryl methyl sites for hydroxylation is 1. The van der Waals surface area contributed by atoms with Gasteiger partial charge in [0.2, 0.25) is 5.95 Å². The highest BCUT2D eigenvalue weighted by molar-refractivity contribution is 7.17. The molecule has 30 heavy (non-hydrogen) atoms. The first-order valence-corrected chi connectivity index (χ1v) is 10.9. The number of rotatable bonds is 6. The van der Waals surface area contributed by atoms with Gasteiger partial charge in [0.15, 0.2) is 5.13 Å². The van der Waals surface area contributed by atoms with Gasteiger partial charge in [0.05, 0.1) is 36.9 Å². The molecule has 0 saturated carbocycles. The molecule has 4 rings (SSSR count). The average molecular weight is 435 g/mol. The maximum Gasteiger partial charge on any atom is 0.350 e. The maximum atomic E-state index is 12.1. The summed E-state index contributed by atoms with van der Waals surface area (Å²) in [5.74, 6) is 0.0225. The third-order valence-corrected chi connectivity index (χ3v) is 5.81. The Morgan fingerprint density at radius 3 is 2.33 bits per heavy atom. The van der Waals surface area contributed by atoms with Gasteiger partial charge >= 0.3 is 5.97 Å². The maximum absolute atomic E-state index is 12.1. The molecule has 0 bridgehead atoms. The van der Waals surface area contributed by atoms with E-state index in [2.05, 4.69) is 30.9 Å². The molecular formula is C19H26N6O4S. The summed E-state index contributed by atoms with van der Waals surface area (Å²) in [6.07, 6.45) is -0.323. The van der Waals surface area contributed by atoms with Crippen LogP contribution in [-0.4, -0.2) is 66.9 Å². The Labute approximate surface area is 178 Å². The number of ether oxygens (including phenoxy) is 3. The van der Waals surface area contributed by atoms with Crippen LogP contribution in [0.2, 0.25) is 0 Å². The third-order valence-electron chi connectivity index (χ3n) is 4.76. The summed E-state index contributed by atoms with van der Waals surface area (Å²) >= 11 is 1.22. The smallest absolute Gasteiger partial charge is 0.350 e. The van der Waals surface area contributed by atoms with Crippen LogP contribution in [0.25, 0.3) is 0 Å². The number of nitrogens with one attached hydrogen (secondary N) is 3. The van der Waals surface area contributed by atoms with Crippen LogP contribution in [0, 0.1) is 6.92 Å². The molecule has 0 radical (unpaired) electrons. The SMILES string of the molecule is CCOC(=O)c1sc(Nc2nc(C3CNCCO3)cc(C3CNCCO3)n2)nc1C. The van der Waals surface area contributed by atoms with Crippen molar-refractivity contribution in [2.45, 2.75) is 26.1 Å². The Morgan fingerprint density at radius 1 is 1.17 bits per heavy atom. The molecule has 162 valence electrons. The van der Waals surface area contributed by atoms with Crippen molar-refractivity contribution in [3.8, 4) is 0 Å². The van der Waals surface area contributed by atoms with E-state index in [1.807, 2.05) is 6.07 Å². The molecule has 2 aliphatic rings. The molecule has 0 spiro atoms. The van der Waals surface area contributed by atoms with Crippen molar-refractivity contribution >= 4 is 28.4 Å². The van der Waals surface area contributed by atoms with Gasteiger partial charge in [-0.25, -0.2) is 19.7 Å². The van der Waals surface area contributed by atoms with Crippen molar-refractivity contribution in [3.63, 3.8) is 0 Å². The lowest BCUT2D eigenvalue weighted by atomic mass is 10.1. The largest absolute Gasteiger partial charge is 0.462 e. The van der Waals surface area contributed by atoms with Crippen LogP contribution in [0.4, 0.5) is 11.1 Å². The van der Waals surface area contributed by atoms with Crippen LogP contribution < -0.4 is 16.0 Å². The summed E-state index contributed by atoms with van der Waals surface area (Å²) in [7, 11) is 0. The minimum absolute atomic E-state index is 0.161. The minimum Gasteiger partial charge on any atom is -0.462 e. The fraction of sp³-hybridized carbons (Fsp3) is 0.579. The molecule has 2 unspecified atom stereocenters. The van der Waals surface area contributed by atoms with E-state index < -0.39 is 0 Å². The molecule has 0 aliphatic carbocycles. The number of esters is 1. The molecule has 2 saturated heterocycles. The van der Waals surface area contributed by atoms with E-state index in [-0.39, 0.29) is 18.2 Å². The predicted molar refractivity (Wildman–Crippen MR) is 111 cm³/mol. The standard InChI is InChI=1S/C19H26N6O4S/c1-3-27-17(26)16-11(2)22-19(30-16)25-18-23-12(14-9-20-4-6-28-14)8-13(24-18)15-10-21-5-7-29-15/h8,14-15,20-21H,3-7,9-10H2,1-2H3,(H,22,23,24,25). The second kappa shape index (κ2) is 9.75. The summed E-state index contributed by atoms with van der Waals surface area (Å²) in [6.45, 7) is 8.14. The zero-order valence-corrected chi connectivity index (χ0v) is 17.9. The molecule has 0 aromatic carbocycles. The number of thiazole rings is 1. The molecule has 3 N–H and O–H groups in total. The van der Waals surface area contributed by atoms with E-state index in [4.69, 9.17) is 14.2 Å². The lowest BCUT2D eigenvalue weighted by Crippen LogP contribution is -2.35. The Morgan fingerprint density at radius 2 is 1.80 bits per heavy atom. The average Bonchev–Trinajstić information content (AvgIpc) is 3.15. The first-order chi connectivity index (χ1) is 14.6. The Hall–Kier alpha value is -2.18. The topological polar surface area (TPSA) is 120 Å². The van der Waals surface area contributed by atoms with Crippen molar-refractivity contribution < 1.29 is 19.0 Å². The first kappa shape index (κ1) is 21.1. The Bertz CT molecular complexity index is 844. The predicted octanol–water partition coefficient (Wildman–Crippen LogP) is 1.48. The van der Waals surface area contributed by atoms with Crippen LogP contribution in [0.15, 0.2) is 6.07 Å². The number of carbonyl (C=O) groups is 1. The molecule has 11 heteroatoms. The summed E-state index contributed by atoms with van der Waals surface area (Å²) in [4.78, 5) is 26.3. The second-order valence-corrected chi connectivity index (χ2v) is 7.95. The van der Waals surface area contributed by atoms with Gasteiger partial charge in [-0.05, 0) is 19.9 Å². The van der Waals surface area contributed by atoms with Gasteiger partial charge in [0.25, 0.3) is 0 Å². The monoisotopic (exact) mass is 434 g/mol. The fourth-order valence-corrected chi connectivity index (χ4v) is 4.17. The number of hydrogen-bond acceptors (Lipinski definition) is 11. The van der Waals surface area contributed by atoms with Gasteiger partial charge in [0, 0.05) is 26.2 Å². The van der Waals surface area contributed by atoms with Crippen molar-refractivity contribution in [2.24, 2.45) is 0 Å². The van der Waals surface area contributed by atoms with E-state index in [0.717, 1.165) is 24.5 Å². The Kier molecular flexibility index (Phi) is 6.85. The molecule has 2 aliphatic heterocycles. The van der Waals surface area contributed by atoms with Gasteiger partial charge in [-0.3, -0.25) is 0 Å². The molecule has 0 amide bonds. The highest BCUT2D eigenvalue weighted by atomic mass is 32.1. The van der Waals surface area contributed by atoms with Crippen molar-refractivity contribution in [1.29, 1.82) is 0 Å². The van der Waals surface area contributed by atoms with Crippen molar-refractivity contribution in [1.82, 2.24) is 25.6 Å². The zero-order valence-electron chi connectivity index (χ0n) is 17.1. The highest BCUT2D eigenvalue weighted by Gasteiger charge is 2.24. The van der Waals surface area contributed by atoms with Gasteiger partial charge < -0.3 is 30.2 Å². The van der Waals surface area contributed by atoms with Crippen molar-refractivity contribution in [2.75, 3.05) is 51.3 Å². The van der Waals surface area contributed by atoms with E-state index in [0.29, 0.717) is 54.6 Å². The number of carbonyl (C=O) groups excluding carboxylic acids is 1. The van der Waals surface area contributed by atoms with Crippen LogP contribution in [-0.2, 0) is 14.2 Å². The number of aromatic nitrogens is 3.